The topological polar surface area (TPSA) is 91.8 Å². The Hall–Kier alpha value is -4.07. The highest BCUT2D eigenvalue weighted by Gasteiger charge is 2.59. The second-order valence-electron chi connectivity index (χ2n) is 11.6. The van der Waals surface area contributed by atoms with Crippen molar-refractivity contribution in [1.82, 2.24) is 4.98 Å². The normalized spacial score (nSPS) is 29.4. The standard InChI is InChI=1S/C33H34FNO6/c1-21-6-13-27-32(2,26(21)12-9-23-15-18-39-29(23)36)16-14-28(41-31(38)24-5-4-17-35-19-24)33(27,3)20-40-30(37)22-7-10-25(34)11-8-22/h4-5,7-12,15,17,19,26-28H,1,6,13-14,16,18,20H2,2-3H3/b12-9+/t26-,27+,28-,32+,33+/m1/s1. The Balaban J connectivity index is 1.45. The molecule has 3 aliphatic rings. The van der Waals surface area contributed by atoms with Gasteiger partial charge in [-0.25, -0.2) is 18.8 Å². The van der Waals surface area contributed by atoms with E-state index in [2.05, 4.69) is 18.5 Å². The molecule has 2 fully saturated rings. The van der Waals surface area contributed by atoms with Crippen molar-refractivity contribution < 1.29 is 33.0 Å². The van der Waals surface area contributed by atoms with Gasteiger partial charge < -0.3 is 14.2 Å². The first-order chi connectivity index (χ1) is 19.6. The number of cyclic esters (lactones) is 1. The highest BCUT2D eigenvalue weighted by molar-refractivity contribution is 5.93. The van der Waals surface area contributed by atoms with Crippen LogP contribution < -0.4 is 0 Å². The Morgan fingerprint density at radius 1 is 1.15 bits per heavy atom. The first-order valence-electron chi connectivity index (χ1n) is 13.9. The molecule has 0 unspecified atom stereocenters. The molecule has 5 atom stereocenters. The van der Waals surface area contributed by atoms with Gasteiger partial charge in [0.05, 0.1) is 16.7 Å². The average Bonchev–Trinajstić information content (AvgIpc) is 3.38. The van der Waals surface area contributed by atoms with Crippen molar-refractivity contribution in [2.24, 2.45) is 22.7 Å². The Labute approximate surface area is 239 Å². The van der Waals surface area contributed by atoms with Crippen LogP contribution in [0.4, 0.5) is 4.39 Å². The molecular weight excluding hydrogens is 525 g/mol. The first-order valence-corrected chi connectivity index (χ1v) is 13.9. The number of esters is 3. The summed E-state index contributed by atoms with van der Waals surface area (Å²) in [6.45, 7) is 8.87. The number of hydrogen-bond donors (Lipinski definition) is 0. The minimum atomic E-state index is -0.737. The molecule has 0 radical (unpaired) electrons. The molecular formula is C33H34FNO6. The number of rotatable bonds is 7. The summed E-state index contributed by atoms with van der Waals surface area (Å²) in [4.78, 5) is 42.2. The molecule has 0 saturated heterocycles. The van der Waals surface area contributed by atoms with Crippen molar-refractivity contribution in [1.29, 1.82) is 0 Å². The van der Waals surface area contributed by atoms with Crippen molar-refractivity contribution in [2.75, 3.05) is 13.2 Å². The molecule has 1 aromatic carbocycles. The summed E-state index contributed by atoms with van der Waals surface area (Å²) in [7, 11) is 0. The van der Waals surface area contributed by atoms with E-state index in [4.69, 9.17) is 14.2 Å². The molecule has 0 N–H and O–H groups in total. The number of nitrogens with zero attached hydrogens (tertiary/aromatic N) is 1. The van der Waals surface area contributed by atoms with E-state index in [1.807, 2.05) is 19.1 Å². The van der Waals surface area contributed by atoms with E-state index in [0.29, 0.717) is 17.6 Å². The van der Waals surface area contributed by atoms with E-state index in [9.17, 15) is 18.8 Å². The van der Waals surface area contributed by atoms with Gasteiger partial charge in [-0.3, -0.25) is 4.98 Å². The molecule has 0 amide bonds. The largest absolute Gasteiger partial charge is 0.461 e. The van der Waals surface area contributed by atoms with Crippen LogP contribution in [-0.4, -0.2) is 42.2 Å². The summed E-state index contributed by atoms with van der Waals surface area (Å²) in [6.07, 6.45) is 10.9. The molecule has 7 nitrogen and oxygen atoms in total. The molecule has 8 heteroatoms. The lowest BCUT2D eigenvalue weighted by molar-refractivity contribution is -0.150. The van der Waals surface area contributed by atoms with Gasteiger partial charge in [-0.15, -0.1) is 0 Å². The molecule has 41 heavy (non-hydrogen) atoms. The minimum absolute atomic E-state index is 0.00877. The maximum absolute atomic E-state index is 13.4. The maximum atomic E-state index is 13.4. The Bertz CT molecular complexity index is 1400. The Morgan fingerprint density at radius 3 is 2.61 bits per heavy atom. The lowest BCUT2D eigenvalue weighted by Gasteiger charge is -2.59. The van der Waals surface area contributed by atoms with Crippen molar-refractivity contribution in [2.45, 2.75) is 45.6 Å². The quantitative estimate of drug-likeness (QED) is 0.232. The summed E-state index contributed by atoms with van der Waals surface area (Å²) in [6, 6.07) is 8.54. The smallest absolute Gasteiger partial charge is 0.339 e. The number of allylic oxidation sites excluding steroid dienone is 2. The van der Waals surface area contributed by atoms with E-state index in [0.717, 1.165) is 24.8 Å². The maximum Gasteiger partial charge on any atom is 0.339 e. The Kier molecular flexibility index (Phi) is 7.93. The third-order valence-electron chi connectivity index (χ3n) is 9.14. The van der Waals surface area contributed by atoms with Crippen LogP contribution in [0, 0.1) is 28.5 Å². The second kappa shape index (κ2) is 11.4. The molecule has 0 bridgehead atoms. The van der Waals surface area contributed by atoms with Gasteiger partial charge in [0.1, 0.15) is 25.1 Å². The van der Waals surface area contributed by atoms with Crippen molar-refractivity contribution >= 4 is 17.9 Å². The zero-order valence-corrected chi connectivity index (χ0v) is 23.3. The molecule has 5 rings (SSSR count). The highest BCUT2D eigenvalue weighted by atomic mass is 19.1. The SMILES string of the molecule is C=C1CC[C@@H]2[C@](C)(COC(=O)c3ccc(F)cc3)[C@H](OC(=O)c3cccnc3)CC[C@@]2(C)[C@@H]1/C=C/C1=CCOC1=O. The summed E-state index contributed by atoms with van der Waals surface area (Å²) in [5, 5.41) is 0. The molecule has 2 aliphatic carbocycles. The third kappa shape index (κ3) is 5.60. The molecule has 214 valence electrons. The number of pyridine rings is 1. The number of hydrogen-bond acceptors (Lipinski definition) is 7. The van der Waals surface area contributed by atoms with Crippen LogP contribution in [0.25, 0.3) is 0 Å². The lowest BCUT2D eigenvalue weighted by Crippen LogP contribution is -2.58. The fourth-order valence-corrected chi connectivity index (χ4v) is 6.93. The van der Waals surface area contributed by atoms with Gasteiger partial charge in [-0.1, -0.05) is 38.2 Å². The van der Waals surface area contributed by atoms with Crippen LogP contribution in [0.1, 0.15) is 60.2 Å². The number of aromatic nitrogens is 1. The number of halogens is 1. The predicted octanol–water partition coefficient (Wildman–Crippen LogP) is 6.03. The van der Waals surface area contributed by atoms with Crippen molar-refractivity contribution in [3.63, 3.8) is 0 Å². The van der Waals surface area contributed by atoms with E-state index in [-0.39, 0.29) is 42.0 Å². The van der Waals surface area contributed by atoms with Gasteiger partial charge in [0, 0.05) is 23.7 Å². The molecule has 0 spiro atoms. The number of carbonyl (C=O) groups excluding carboxylic acids is 3. The van der Waals surface area contributed by atoms with Gasteiger partial charge in [-0.2, -0.15) is 0 Å². The number of fused-ring (bicyclic) bond motifs is 1. The van der Waals surface area contributed by atoms with Gasteiger partial charge in [0.15, 0.2) is 0 Å². The summed E-state index contributed by atoms with van der Waals surface area (Å²) in [5.74, 6) is -1.89. The zero-order valence-electron chi connectivity index (χ0n) is 23.3. The van der Waals surface area contributed by atoms with Crippen LogP contribution >= 0.6 is 0 Å². The van der Waals surface area contributed by atoms with Gasteiger partial charge in [0.25, 0.3) is 0 Å². The summed E-state index contributed by atoms with van der Waals surface area (Å²) >= 11 is 0. The van der Waals surface area contributed by atoms with Crippen LogP contribution in [0.5, 0.6) is 0 Å². The highest BCUT2D eigenvalue weighted by Crippen LogP contribution is 2.62. The van der Waals surface area contributed by atoms with Crippen molar-refractivity contribution in [3.05, 3.63) is 102 Å². The minimum Gasteiger partial charge on any atom is -0.461 e. The molecule has 1 aromatic heterocycles. The van der Waals surface area contributed by atoms with Gasteiger partial charge >= 0.3 is 17.9 Å². The summed E-state index contributed by atoms with van der Waals surface area (Å²) in [5.41, 5.74) is 1.15. The monoisotopic (exact) mass is 559 g/mol. The molecule has 2 saturated carbocycles. The van der Waals surface area contributed by atoms with Gasteiger partial charge in [0.2, 0.25) is 0 Å². The van der Waals surface area contributed by atoms with Crippen LogP contribution in [0.2, 0.25) is 0 Å². The molecule has 2 aromatic rings. The van der Waals surface area contributed by atoms with E-state index in [1.54, 1.807) is 24.4 Å². The van der Waals surface area contributed by atoms with E-state index in [1.165, 1.54) is 30.5 Å². The Morgan fingerprint density at radius 2 is 1.93 bits per heavy atom. The van der Waals surface area contributed by atoms with Crippen LogP contribution in [-0.2, 0) is 19.0 Å². The number of carbonyl (C=O) groups is 3. The van der Waals surface area contributed by atoms with E-state index < -0.39 is 29.3 Å². The van der Waals surface area contributed by atoms with E-state index >= 15 is 0 Å². The van der Waals surface area contributed by atoms with Crippen LogP contribution in [0.3, 0.4) is 0 Å². The zero-order chi connectivity index (χ0) is 29.2. The first kappa shape index (κ1) is 28.5. The lowest BCUT2D eigenvalue weighted by atomic mass is 9.46. The molecule has 1 aliphatic heterocycles. The van der Waals surface area contributed by atoms with Crippen LogP contribution in [0.15, 0.2) is 84.7 Å². The van der Waals surface area contributed by atoms with Crippen molar-refractivity contribution in [3.8, 4) is 0 Å². The number of ether oxygens (including phenoxy) is 3. The second-order valence-corrected chi connectivity index (χ2v) is 11.6. The summed E-state index contributed by atoms with van der Waals surface area (Å²) < 4.78 is 30.5. The average molecular weight is 560 g/mol. The van der Waals surface area contributed by atoms with Gasteiger partial charge in [-0.05, 0) is 79.5 Å². The predicted molar refractivity (Wildman–Crippen MR) is 149 cm³/mol. The number of benzene rings is 1. The molecule has 2 heterocycles. The fourth-order valence-electron chi connectivity index (χ4n) is 6.93. The third-order valence-corrected chi connectivity index (χ3v) is 9.14. The fraction of sp³-hybridized carbons (Fsp3) is 0.394.